The second kappa shape index (κ2) is 29.4. The molecule has 0 saturated heterocycles. The summed E-state index contributed by atoms with van der Waals surface area (Å²) < 4.78 is 43.6. The molecule has 2 rings (SSSR count). The fraction of sp³-hybridized carbons (Fsp3) is 0.633. The van der Waals surface area contributed by atoms with Crippen molar-refractivity contribution >= 4 is 136 Å². The number of hydrogen-bond acceptors (Lipinski definition) is 13. The molecule has 0 aliphatic carbocycles. The number of nitrogens with zero attached hydrogens (tertiary/aromatic N) is 5. The summed E-state index contributed by atoms with van der Waals surface area (Å²) in [6.45, 7) is 7.67. The molecule has 0 saturated carbocycles. The number of hydrogen-bond donors (Lipinski definition) is 0. The number of halogens is 6. The molecule has 0 aliphatic heterocycles. The molecular weight excluding hydrogens is 945 g/mol. The van der Waals surface area contributed by atoms with E-state index in [2.05, 4.69) is 0 Å². The first kappa shape index (κ1) is 55.2. The fourth-order valence-corrected chi connectivity index (χ4v) is 12.8. The second-order valence-corrected chi connectivity index (χ2v) is 20.3. The Morgan fingerprint density at radius 1 is 0.661 bits per heavy atom. The minimum atomic E-state index is -3.78. The summed E-state index contributed by atoms with van der Waals surface area (Å²) >= 11 is 36.9. The Bertz CT molecular complexity index is 1580. The van der Waals surface area contributed by atoms with Crippen molar-refractivity contribution in [3.05, 3.63) is 54.2 Å². The first-order chi connectivity index (χ1) is 26.4. The van der Waals surface area contributed by atoms with Crippen molar-refractivity contribution in [2.24, 2.45) is 0 Å². The lowest BCUT2D eigenvalue weighted by Gasteiger charge is -2.39. The number of carbonyl (C=O) groups excluding carboxylic acids is 3. The minimum absolute atomic E-state index is 0.0227. The maximum absolute atomic E-state index is 14.2. The van der Waals surface area contributed by atoms with E-state index in [1.54, 1.807) is 4.67 Å². The summed E-state index contributed by atoms with van der Waals surface area (Å²) in [6, 6.07) is 5.68. The number of rotatable bonds is 27. The Hall–Kier alpha value is -0.790. The van der Waals surface area contributed by atoms with E-state index in [-0.39, 0.29) is 95.9 Å². The topological polar surface area (TPSA) is 200 Å². The van der Waals surface area contributed by atoms with Crippen molar-refractivity contribution in [1.29, 1.82) is 0 Å². The van der Waals surface area contributed by atoms with E-state index in [0.717, 1.165) is 22.7 Å². The maximum atomic E-state index is 14.2. The molecule has 0 fully saturated rings. The van der Waals surface area contributed by atoms with Crippen LogP contribution in [-0.2, 0) is 32.6 Å². The van der Waals surface area contributed by atoms with Gasteiger partial charge in [-0.2, -0.15) is 0 Å². The van der Waals surface area contributed by atoms with Gasteiger partial charge in [0.05, 0.1) is 9.85 Å². The molecule has 0 bridgehead atoms. The highest BCUT2D eigenvalue weighted by molar-refractivity contribution is 7.55. The third-order valence-electron chi connectivity index (χ3n) is 7.04. The number of Topliss-reactive ketones (excluding diaryl/α,β-unsaturated/α-hetero) is 2. The molecule has 2 aromatic rings. The van der Waals surface area contributed by atoms with Crippen LogP contribution in [0, 0.1) is 20.2 Å². The van der Waals surface area contributed by atoms with E-state index in [1.165, 1.54) is 54.1 Å². The van der Waals surface area contributed by atoms with Gasteiger partial charge in [-0.1, -0.05) is 22.7 Å². The van der Waals surface area contributed by atoms with Crippen LogP contribution in [0.4, 0.5) is 10.0 Å². The molecule has 3 atom stereocenters. The lowest BCUT2D eigenvalue weighted by atomic mass is 10.2. The summed E-state index contributed by atoms with van der Waals surface area (Å²) in [6.07, 6.45) is -1.89. The summed E-state index contributed by atoms with van der Waals surface area (Å²) in [5.41, 5.74) is 0. The van der Waals surface area contributed by atoms with Crippen molar-refractivity contribution in [3.63, 3.8) is 0 Å². The van der Waals surface area contributed by atoms with Crippen LogP contribution in [0.3, 0.4) is 0 Å². The molecule has 2 aromatic heterocycles. The van der Waals surface area contributed by atoms with Gasteiger partial charge in [-0.15, -0.1) is 69.6 Å². The summed E-state index contributed by atoms with van der Waals surface area (Å²) in [5, 5.41) is 21.8. The SMILES string of the molecule is C=O.CC(=O)CC(OP(=O)(N(CCCl)CCCl)N(CCCl)CCCl)c1ccc([N+](=O)[O-])s1.CC(=O)CC(OP(C)(=O)N(CCCl)CCCl)c1ccc([N+](=O)[O-])s1. The van der Waals surface area contributed by atoms with E-state index in [9.17, 15) is 38.9 Å². The molecule has 320 valence electrons. The number of alkyl halides is 6. The molecular formula is C30H45Cl6N5O11P2S2. The Morgan fingerprint density at radius 3 is 1.23 bits per heavy atom. The smallest absolute Gasteiger partial charge is 0.308 e. The van der Waals surface area contributed by atoms with Crippen LogP contribution >= 0.6 is 107 Å². The number of carbonyl (C=O) groups is 3. The molecule has 16 nitrogen and oxygen atoms in total. The summed E-state index contributed by atoms with van der Waals surface area (Å²) in [4.78, 5) is 53.2. The van der Waals surface area contributed by atoms with Crippen molar-refractivity contribution in [1.82, 2.24) is 14.0 Å². The van der Waals surface area contributed by atoms with Crippen LogP contribution in [0.5, 0.6) is 0 Å². The largest absolute Gasteiger partial charge is 0.346 e. The van der Waals surface area contributed by atoms with Crippen molar-refractivity contribution < 1.29 is 42.4 Å². The van der Waals surface area contributed by atoms with E-state index in [1.807, 2.05) is 6.79 Å². The van der Waals surface area contributed by atoms with Gasteiger partial charge < -0.3 is 9.32 Å². The Balaban J connectivity index is 0.00000106. The van der Waals surface area contributed by atoms with E-state index < -0.39 is 37.2 Å². The molecule has 0 aromatic carbocycles. The van der Waals surface area contributed by atoms with Crippen molar-refractivity contribution in [2.45, 2.75) is 38.9 Å². The van der Waals surface area contributed by atoms with Crippen LogP contribution < -0.4 is 0 Å². The van der Waals surface area contributed by atoms with E-state index >= 15 is 0 Å². The van der Waals surface area contributed by atoms with Gasteiger partial charge in [0.2, 0.25) is 0 Å². The first-order valence-corrected chi connectivity index (χ1v) is 24.8. The lowest BCUT2D eigenvalue weighted by molar-refractivity contribution is -0.380. The Kier molecular flexibility index (Phi) is 29.0. The number of thiophene rings is 2. The quantitative estimate of drug-likeness (QED) is 0.0355. The van der Waals surface area contributed by atoms with E-state index in [4.69, 9.17) is 83.4 Å². The zero-order valence-electron chi connectivity index (χ0n) is 30.8. The highest BCUT2D eigenvalue weighted by Gasteiger charge is 2.41. The molecule has 0 aliphatic rings. The molecule has 0 amide bonds. The molecule has 0 spiro atoms. The minimum Gasteiger partial charge on any atom is -0.308 e. The van der Waals surface area contributed by atoms with Crippen LogP contribution in [-0.4, -0.2) is 123 Å². The van der Waals surface area contributed by atoms with Gasteiger partial charge in [0.15, 0.2) is 0 Å². The Labute approximate surface area is 364 Å². The molecule has 3 unspecified atom stereocenters. The third-order valence-corrected chi connectivity index (χ3v) is 15.1. The number of nitro groups is 2. The Morgan fingerprint density at radius 2 is 0.964 bits per heavy atom. The maximum Gasteiger partial charge on any atom is 0.346 e. The molecule has 0 radical (unpaired) electrons. The van der Waals surface area contributed by atoms with Gasteiger partial charge in [0.1, 0.15) is 30.6 Å². The average Bonchev–Trinajstić information content (AvgIpc) is 3.83. The van der Waals surface area contributed by atoms with E-state index in [0.29, 0.717) is 22.8 Å². The van der Waals surface area contributed by atoms with Crippen LogP contribution in [0.15, 0.2) is 24.3 Å². The third kappa shape index (κ3) is 19.1. The van der Waals surface area contributed by atoms with Crippen LogP contribution in [0.2, 0.25) is 0 Å². The standard InChI is InChI=1S/C16H24Cl4N3O5PS.C13H19Cl2N2O5PS.CH2O/c1-13(24)12-14(15-2-3-16(30-15)23(25)26)28-29(27,21(8-4-17)9-5-18)22(10-6-19)11-7-20;1-10(18)9-11(12-3-4-13(24-12)17(19)20)22-23(2,21)16(7-5-14)8-6-15;1-2/h2-3,14H,4-12H2,1H3;3-4,11H,5-9H2,1-2H3;1H2. The normalized spacial score (nSPS) is 13.6. The van der Waals surface area contributed by atoms with Crippen LogP contribution in [0.1, 0.15) is 48.7 Å². The first-order valence-electron chi connectivity index (χ1n) is 16.4. The van der Waals surface area contributed by atoms with Gasteiger partial charge >= 0.3 is 17.7 Å². The van der Waals surface area contributed by atoms with Gasteiger partial charge in [-0.3, -0.25) is 43.5 Å². The zero-order chi connectivity index (χ0) is 43.1. The fourth-order valence-electron chi connectivity index (χ4n) is 4.70. The van der Waals surface area contributed by atoms with Crippen molar-refractivity contribution in [3.8, 4) is 0 Å². The predicted octanol–water partition coefficient (Wildman–Crippen LogP) is 9.47. The van der Waals surface area contributed by atoms with Crippen LogP contribution in [0.25, 0.3) is 0 Å². The highest BCUT2D eigenvalue weighted by Crippen LogP contribution is 2.58. The average molecular weight is 991 g/mol. The second-order valence-electron chi connectivity index (χ2n) is 11.2. The monoisotopic (exact) mass is 987 g/mol. The number of ketones is 2. The summed E-state index contributed by atoms with van der Waals surface area (Å²) in [7, 11) is -7.06. The predicted molar refractivity (Wildman–Crippen MR) is 227 cm³/mol. The zero-order valence-corrected chi connectivity index (χ0v) is 38.7. The molecule has 2 heterocycles. The molecule has 0 N–H and O–H groups in total. The summed E-state index contributed by atoms with van der Waals surface area (Å²) in [5.74, 6) is 0.786. The molecule has 26 heteroatoms. The van der Waals surface area contributed by atoms with Gasteiger partial charge in [0.25, 0.3) is 7.52 Å². The van der Waals surface area contributed by atoms with Gasteiger partial charge in [0, 0.05) is 116 Å². The molecule has 56 heavy (non-hydrogen) atoms. The highest BCUT2D eigenvalue weighted by atomic mass is 35.5. The lowest BCUT2D eigenvalue weighted by Crippen LogP contribution is -2.38. The van der Waals surface area contributed by atoms with Gasteiger partial charge in [-0.05, 0) is 26.0 Å². The van der Waals surface area contributed by atoms with Gasteiger partial charge in [-0.25, -0.2) is 14.0 Å². The van der Waals surface area contributed by atoms with Crippen molar-refractivity contribution in [2.75, 3.05) is 81.2 Å².